The van der Waals surface area contributed by atoms with Crippen molar-refractivity contribution < 1.29 is 9.47 Å². The van der Waals surface area contributed by atoms with Crippen molar-refractivity contribution in [3.8, 4) is 5.75 Å². The fourth-order valence-electron chi connectivity index (χ4n) is 3.27. The van der Waals surface area contributed by atoms with E-state index >= 15 is 0 Å². The SMILES string of the molecule is CCNC(CC1CC(OCC)C1)c1ccc(OC)c(C)c1. The summed E-state index contributed by atoms with van der Waals surface area (Å²) in [7, 11) is 1.73. The van der Waals surface area contributed by atoms with Gasteiger partial charge < -0.3 is 14.8 Å². The maximum absolute atomic E-state index is 5.67. The monoisotopic (exact) mass is 291 g/mol. The summed E-state index contributed by atoms with van der Waals surface area (Å²) in [6.45, 7) is 8.20. The molecular formula is C18H29NO2. The van der Waals surface area contributed by atoms with Crippen LogP contribution in [0.3, 0.4) is 0 Å². The van der Waals surface area contributed by atoms with E-state index in [2.05, 4.69) is 44.3 Å². The molecule has 1 unspecified atom stereocenters. The van der Waals surface area contributed by atoms with Gasteiger partial charge in [-0.2, -0.15) is 0 Å². The lowest BCUT2D eigenvalue weighted by Crippen LogP contribution is -2.34. The molecule has 1 aromatic rings. The van der Waals surface area contributed by atoms with Crippen LogP contribution in [0.15, 0.2) is 18.2 Å². The maximum atomic E-state index is 5.67. The maximum Gasteiger partial charge on any atom is 0.121 e. The summed E-state index contributed by atoms with van der Waals surface area (Å²) in [6, 6.07) is 6.97. The highest BCUT2D eigenvalue weighted by molar-refractivity contribution is 5.37. The van der Waals surface area contributed by atoms with E-state index in [4.69, 9.17) is 9.47 Å². The van der Waals surface area contributed by atoms with E-state index in [-0.39, 0.29) is 0 Å². The number of ether oxygens (including phenoxy) is 2. The first-order chi connectivity index (χ1) is 10.2. The number of hydrogen-bond acceptors (Lipinski definition) is 3. The summed E-state index contributed by atoms with van der Waals surface area (Å²) >= 11 is 0. The molecule has 0 heterocycles. The molecule has 0 saturated heterocycles. The zero-order valence-corrected chi connectivity index (χ0v) is 13.8. The second-order valence-corrected chi connectivity index (χ2v) is 5.99. The minimum absolute atomic E-state index is 0.437. The Morgan fingerprint density at radius 2 is 2.05 bits per heavy atom. The minimum Gasteiger partial charge on any atom is -0.496 e. The van der Waals surface area contributed by atoms with Gasteiger partial charge in [-0.1, -0.05) is 19.1 Å². The van der Waals surface area contributed by atoms with E-state index in [0.717, 1.165) is 24.8 Å². The molecule has 3 nitrogen and oxygen atoms in total. The Morgan fingerprint density at radius 1 is 1.29 bits per heavy atom. The van der Waals surface area contributed by atoms with E-state index < -0.39 is 0 Å². The number of rotatable bonds is 8. The van der Waals surface area contributed by atoms with Crippen molar-refractivity contribution in [2.75, 3.05) is 20.3 Å². The van der Waals surface area contributed by atoms with Crippen LogP contribution in [0.25, 0.3) is 0 Å². The van der Waals surface area contributed by atoms with Gasteiger partial charge in [-0.05, 0) is 62.8 Å². The molecule has 1 aromatic carbocycles. The summed E-state index contributed by atoms with van der Waals surface area (Å²) in [5.41, 5.74) is 2.58. The molecule has 1 atom stereocenters. The lowest BCUT2D eigenvalue weighted by Gasteiger charge is -2.37. The first-order valence-corrected chi connectivity index (χ1v) is 8.17. The van der Waals surface area contributed by atoms with Crippen LogP contribution in [0.2, 0.25) is 0 Å². The van der Waals surface area contributed by atoms with Crippen molar-refractivity contribution in [3.05, 3.63) is 29.3 Å². The average Bonchev–Trinajstić information content (AvgIpc) is 2.44. The second kappa shape index (κ2) is 7.81. The minimum atomic E-state index is 0.437. The zero-order chi connectivity index (χ0) is 15.2. The van der Waals surface area contributed by atoms with Crippen molar-refractivity contribution >= 4 is 0 Å². The van der Waals surface area contributed by atoms with Gasteiger partial charge in [0.1, 0.15) is 5.75 Å². The van der Waals surface area contributed by atoms with Crippen LogP contribution >= 0.6 is 0 Å². The Balaban J connectivity index is 1.97. The molecule has 0 aromatic heterocycles. The molecule has 118 valence electrons. The molecule has 0 amide bonds. The average molecular weight is 291 g/mol. The smallest absolute Gasteiger partial charge is 0.121 e. The van der Waals surface area contributed by atoms with Crippen LogP contribution in [-0.2, 0) is 4.74 Å². The molecule has 3 heteroatoms. The standard InChI is InChI=1S/C18H29NO2/c1-5-19-17(12-14-10-16(11-14)21-6-2)15-7-8-18(20-4)13(3)9-15/h7-9,14,16-17,19H,5-6,10-12H2,1-4H3. The molecule has 1 fully saturated rings. The Bertz CT molecular complexity index is 441. The highest BCUT2D eigenvalue weighted by Gasteiger charge is 2.31. The van der Waals surface area contributed by atoms with Gasteiger partial charge in [0.05, 0.1) is 13.2 Å². The normalized spacial score (nSPS) is 22.7. The highest BCUT2D eigenvalue weighted by Crippen LogP contribution is 2.37. The lowest BCUT2D eigenvalue weighted by molar-refractivity contribution is -0.0291. The van der Waals surface area contributed by atoms with E-state index in [9.17, 15) is 0 Å². The van der Waals surface area contributed by atoms with Crippen molar-refractivity contribution in [3.63, 3.8) is 0 Å². The number of hydrogen-bond donors (Lipinski definition) is 1. The van der Waals surface area contributed by atoms with Gasteiger partial charge in [0.2, 0.25) is 0 Å². The van der Waals surface area contributed by atoms with E-state index in [0.29, 0.717) is 12.1 Å². The van der Waals surface area contributed by atoms with Gasteiger partial charge in [0, 0.05) is 12.6 Å². The lowest BCUT2D eigenvalue weighted by atomic mass is 9.77. The molecule has 0 spiro atoms. The molecular weight excluding hydrogens is 262 g/mol. The molecule has 1 aliphatic carbocycles. The van der Waals surface area contributed by atoms with Crippen LogP contribution in [-0.4, -0.2) is 26.4 Å². The van der Waals surface area contributed by atoms with Crippen LogP contribution in [0.5, 0.6) is 5.75 Å². The fourth-order valence-corrected chi connectivity index (χ4v) is 3.27. The Labute approximate surface area is 129 Å². The van der Waals surface area contributed by atoms with Crippen molar-refractivity contribution in [2.24, 2.45) is 5.92 Å². The summed E-state index contributed by atoms with van der Waals surface area (Å²) in [5.74, 6) is 1.75. The van der Waals surface area contributed by atoms with Crippen LogP contribution in [0, 0.1) is 12.8 Å². The van der Waals surface area contributed by atoms with E-state index in [1.54, 1.807) is 7.11 Å². The molecule has 1 aliphatic rings. The van der Waals surface area contributed by atoms with Gasteiger partial charge in [-0.3, -0.25) is 0 Å². The predicted molar refractivity (Wildman–Crippen MR) is 86.9 cm³/mol. The van der Waals surface area contributed by atoms with Crippen molar-refractivity contribution in [1.82, 2.24) is 5.32 Å². The van der Waals surface area contributed by atoms with Crippen LogP contribution in [0.4, 0.5) is 0 Å². The number of nitrogens with one attached hydrogen (secondary N) is 1. The molecule has 2 rings (SSSR count). The van der Waals surface area contributed by atoms with Gasteiger partial charge in [-0.15, -0.1) is 0 Å². The first kappa shape index (κ1) is 16.3. The highest BCUT2D eigenvalue weighted by atomic mass is 16.5. The van der Waals surface area contributed by atoms with Gasteiger partial charge in [-0.25, -0.2) is 0 Å². The van der Waals surface area contributed by atoms with Crippen molar-refractivity contribution in [1.29, 1.82) is 0 Å². The summed E-state index contributed by atoms with van der Waals surface area (Å²) in [6.07, 6.45) is 4.12. The number of benzene rings is 1. The van der Waals surface area contributed by atoms with E-state index in [1.165, 1.54) is 30.4 Å². The zero-order valence-electron chi connectivity index (χ0n) is 13.8. The molecule has 1 saturated carbocycles. The molecule has 0 bridgehead atoms. The number of aryl methyl sites for hydroxylation is 1. The summed E-state index contributed by atoms with van der Waals surface area (Å²) in [5, 5.41) is 3.63. The fraction of sp³-hybridized carbons (Fsp3) is 0.667. The Hall–Kier alpha value is -1.06. The quantitative estimate of drug-likeness (QED) is 0.789. The first-order valence-electron chi connectivity index (χ1n) is 8.17. The Kier molecular flexibility index (Phi) is 6.07. The topological polar surface area (TPSA) is 30.5 Å². The van der Waals surface area contributed by atoms with Gasteiger partial charge >= 0.3 is 0 Å². The summed E-state index contributed by atoms with van der Waals surface area (Å²) in [4.78, 5) is 0. The Morgan fingerprint density at radius 3 is 2.62 bits per heavy atom. The van der Waals surface area contributed by atoms with E-state index in [1.807, 2.05) is 0 Å². The van der Waals surface area contributed by atoms with Crippen molar-refractivity contribution in [2.45, 2.75) is 52.2 Å². The molecule has 1 N–H and O–H groups in total. The molecule has 0 radical (unpaired) electrons. The van der Waals surface area contributed by atoms with Gasteiger partial charge in [0.15, 0.2) is 0 Å². The number of methoxy groups -OCH3 is 1. The van der Waals surface area contributed by atoms with Crippen LogP contribution in [0.1, 0.15) is 50.3 Å². The second-order valence-electron chi connectivity index (χ2n) is 5.99. The largest absolute Gasteiger partial charge is 0.496 e. The van der Waals surface area contributed by atoms with Crippen LogP contribution < -0.4 is 10.1 Å². The third kappa shape index (κ3) is 4.21. The third-order valence-electron chi connectivity index (χ3n) is 4.44. The molecule has 21 heavy (non-hydrogen) atoms. The van der Waals surface area contributed by atoms with Gasteiger partial charge in [0.25, 0.3) is 0 Å². The molecule has 0 aliphatic heterocycles. The third-order valence-corrected chi connectivity index (χ3v) is 4.44. The summed E-state index contributed by atoms with van der Waals surface area (Å²) < 4.78 is 11.0. The predicted octanol–water partition coefficient (Wildman–Crippen LogP) is 3.86.